The molecule has 0 bridgehead atoms. The van der Waals surface area contributed by atoms with Crippen molar-refractivity contribution in [1.29, 1.82) is 0 Å². The van der Waals surface area contributed by atoms with E-state index in [0.717, 1.165) is 10.0 Å². The molecule has 3 nitrogen and oxygen atoms in total. The number of hydrogen-bond donors (Lipinski definition) is 0. The van der Waals surface area contributed by atoms with E-state index < -0.39 is 0 Å². The van der Waals surface area contributed by atoms with Gasteiger partial charge in [-0.3, -0.25) is 4.79 Å². The maximum atomic E-state index is 12.5. The molecule has 0 aliphatic heterocycles. The molecule has 0 unspecified atom stereocenters. The molecule has 0 radical (unpaired) electrons. The van der Waals surface area contributed by atoms with E-state index in [1.54, 1.807) is 20.3 Å². The molecule has 1 aromatic carbocycles. The SMILES string of the molecule is COc1cc(C)c(C(=O)c2sccc2Br)cc1OC. The quantitative estimate of drug-likeness (QED) is 0.787. The van der Waals surface area contributed by atoms with Crippen LogP contribution in [0.1, 0.15) is 20.8 Å². The van der Waals surface area contributed by atoms with E-state index in [1.165, 1.54) is 11.3 Å². The summed E-state index contributed by atoms with van der Waals surface area (Å²) in [5.41, 5.74) is 1.49. The lowest BCUT2D eigenvalue weighted by molar-refractivity contribution is 0.104. The molecule has 19 heavy (non-hydrogen) atoms. The van der Waals surface area contributed by atoms with Gasteiger partial charge in [-0.05, 0) is 52.0 Å². The maximum absolute atomic E-state index is 12.5. The molecule has 0 aliphatic rings. The Bertz CT molecular complexity index is 619. The minimum atomic E-state index is -0.0136. The number of ketones is 1. The third kappa shape index (κ3) is 2.67. The van der Waals surface area contributed by atoms with Gasteiger partial charge in [0.1, 0.15) is 0 Å². The summed E-state index contributed by atoms with van der Waals surface area (Å²) in [6.45, 7) is 1.89. The van der Waals surface area contributed by atoms with Crippen LogP contribution in [0.25, 0.3) is 0 Å². The summed E-state index contributed by atoms with van der Waals surface area (Å²) < 4.78 is 11.3. The molecule has 2 rings (SSSR count). The number of rotatable bonds is 4. The highest BCUT2D eigenvalue weighted by molar-refractivity contribution is 9.10. The lowest BCUT2D eigenvalue weighted by atomic mass is 10.0. The lowest BCUT2D eigenvalue weighted by Crippen LogP contribution is -2.04. The van der Waals surface area contributed by atoms with Gasteiger partial charge in [0.05, 0.1) is 19.1 Å². The molecule has 2 aromatic rings. The van der Waals surface area contributed by atoms with Gasteiger partial charge in [-0.25, -0.2) is 0 Å². The van der Waals surface area contributed by atoms with E-state index >= 15 is 0 Å². The normalized spacial score (nSPS) is 10.3. The Balaban J connectivity index is 2.51. The highest BCUT2D eigenvalue weighted by Crippen LogP contribution is 2.33. The Morgan fingerprint density at radius 2 is 1.84 bits per heavy atom. The van der Waals surface area contributed by atoms with Gasteiger partial charge in [-0.15, -0.1) is 11.3 Å². The summed E-state index contributed by atoms with van der Waals surface area (Å²) in [5, 5.41) is 1.88. The second kappa shape index (κ2) is 5.75. The van der Waals surface area contributed by atoms with Crippen LogP contribution in [0.2, 0.25) is 0 Å². The van der Waals surface area contributed by atoms with Gasteiger partial charge >= 0.3 is 0 Å². The van der Waals surface area contributed by atoms with Gasteiger partial charge in [0.2, 0.25) is 5.78 Å². The minimum absolute atomic E-state index is 0.0136. The molecule has 1 aromatic heterocycles. The monoisotopic (exact) mass is 340 g/mol. The Morgan fingerprint density at radius 3 is 2.37 bits per heavy atom. The summed E-state index contributed by atoms with van der Waals surface area (Å²) in [7, 11) is 3.14. The van der Waals surface area contributed by atoms with Crippen molar-refractivity contribution in [3.63, 3.8) is 0 Å². The predicted octanol–water partition coefficient (Wildman–Crippen LogP) is 4.07. The van der Waals surface area contributed by atoms with Crippen LogP contribution in [-0.4, -0.2) is 20.0 Å². The summed E-state index contributed by atoms with van der Waals surface area (Å²) in [4.78, 5) is 13.2. The molecule has 0 aliphatic carbocycles. The zero-order chi connectivity index (χ0) is 14.0. The Labute approximate surface area is 124 Å². The fraction of sp³-hybridized carbons (Fsp3) is 0.214. The number of benzene rings is 1. The van der Waals surface area contributed by atoms with Crippen molar-refractivity contribution >= 4 is 33.0 Å². The summed E-state index contributed by atoms with van der Waals surface area (Å²) >= 11 is 4.80. The third-order valence-electron chi connectivity index (χ3n) is 2.80. The van der Waals surface area contributed by atoms with Crippen molar-refractivity contribution < 1.29 is 14.3 Å². The van der Waals surface area contributed by atoms with Crippen molar-refractivity contribution in [3.8, 4) is 11.5 Å². The summed E-state index contributed by atoms with van der Waals surface area (Å²) in [6.07, 6.45) is 0. The number of hydrogen-bond acceptors (Lipinski definition) is 4. The number of methoxy groups -OCH3 is 2. The average molecular weight is 341 g/mol. The zero-order valence-electron chi connectivity index (χ0n) is 10.8. The third-order valence-corrected chi connectivity index (χ3v) is 4.64. The molecular weight excluding hydrogens is 328 g/mol. The number of halogens is 1. The van der Waals surface area contributed by atoms with Gasteiger partial charge in [-0.1, -0.05) is 0 Å². The van der Waals surface area contributed by atoms with Gasteiger partial charge in [0.25, 0.3) is 0 Å². The molecule has 0 amide bonds. The van der Waals surface area contributed by atoms with Gasteiger partial charge in [0, 0.05) is 10.0 Å². The molecule has 0 N–H and O–H groups in total. The topological polar surface area (TPSA) is 35.5 Å². The maximum Gasteiger partial charge on any atom is 0.204 e. The van der Waals surface area contributed by atoms with Crippen molar-refractivity contribution in [1.82, 2.24) is 0 Å². The predicted molar refractivity (Wildman–Crippen MR) is 79.7 cm³/mol. The van der Waals surface area contributed by atoms with Crippen LogP contribution in [0.5, 0.6) is 11.5 Å². The van der Waals surface area contributed by atoms with Crippen LogP contribution < -0.4 is 9.47 Å². The van der Waals surface area contributed by atoms with Gasteiger partial charge < -0.3 is 9.47 Å². The number of thiophene rings is 1. The second-order valence-corrected chi connectivity index (χ2v) is 5.72. The van der Waals surface area contributed by atoms with Crippen LogP contribution in [-0.2, 0) is 0 Å². The Hall–Kier alpha value is -1.33. The Kier molecular flexibility index (Phi) is 4.27. The van der Waals surface area contributed by atoms with E-state index in [9.17, 15) is 4.79 Å². The van der Waals surface area contributed by atoms with Crippen LogP contribution >= 0.6 is 27.3 Å². The molecule has 0 atom stereocenters. The van der Waals surface area contributed by atoms with Gasteiger partial charge in [-0.2, -0.15) is 0 Å². The molecule has 0 saturated heterocycles. The largest absolute Gasteiger partial charge is 0.493 e. The first-order chi connectivity index (χ1) is 9.08. The molecule has 0 fully saturated rings. The fourth-order valence-electron chi connectivity index (χ4n) is 1.80. The van der Waals surface area contributed by atoms with Crippen molar-refractivity contribution in [2.45, 2.75) is 6.92 Å². The molecular formula is C14H13BrO3S. The first-order valence-corrected chi connectivity index (χ1v) is 7.26. The first kappa shape index (κ1) is 14.1. The van der Waals surface area contributed by atoms with E-state index in [2.05, 4.69) is 15.9 Å². The van der Waals surface area contributed by atoms with E-state index in [4.69, 9.17) is 9.47 Å². The minimum Gasteiger partial charge on any atom is -0.493 e. The average Bonchev–Trinajstić information content (AvgIpc) is 2.83. The zero-order valence-corrected chi connectivity index (χ0v) is 13.2. The highest BCUT2D eigenvalue weighted by atomic mass is 79.9. The molecule has 1 heterocycles. The van der Waals surface area contributed by atoms with Crippen LogP contribution in [0, 0.1) is 6.92 Å². The molecule has 0 saturated carbocycles. The number of aryl methyl sites for hydroxylation is 1. The van der Waals surface area contributed by atoms with Crippen LogP contribution in [0.4, 0.5) is 0 Å². The molecule has 100 valence electrons. The molecule has 0 spiro atoms. The van der Waals surface area contributed by atoms with Crippen molar-refractivity contribution in [3.05, 3.63) is 44.1 Å². The van der Waals surface area contributed by atoms with E-state index in [0.29, 0.717) is 21.9 Å². The molecule has 5 heteroatoms. The summed E-state index contributed by atoms with van der Waals surface area (Å²) in [6, 6.07) is 5.41. The van der Waals surface area contributed by atoms with Crippen molar-refractivity contribution in [2.75, 3.05) is 14.2 Å². The fourth-order valence-corrected chi connectivity index (χ4v) is 3.31. The van der Waals surface area contributed by atoms with E-state index in [-0.39, 0.29) is 5.78 Å². The Morgan fingerprint density at radius 1 is 1.21 bits per heavy atom. The van der Waals surface area contributed by atoms with Gasteiger partial charge in [0.15, 0.2) is 11.5 Å². The smallest absolute Gasteiger partial charge is 0.204 e. The second-order valence-electron chi connectivity index (χ2n) is 3.95. The number of ether oxygens (including phenoxy) is 2. The van der Waals surface area contributed by atoms with Crippen LogP contribution in [0.3, 0.4) is 0 Å². The first-order valence-electron chi connectivity index (χ1n) is 5.58. The standard InChI is InChI=1S/C14H13BrO3S/c1-8-6-11(17-2)12(18-3)7-9(8)13(16)14-10(15)4-5-19-14/h4-7H,1-3H3. The number of carbonyl (C=O) groups excluding carboxylic acids is 1. The van der Waals surface area contributed by atoms with E-state index in [1.807, 2.05) is 24.4 Å². The summed E-state index contributed by atoms with van der Waals surface area (Å²) in [5.74, 6) is 1.17. The number of carbonyl (C=O) groups is 1. The van der Waals surface area contributed by atoms with Crippen molar-refractivity contribution in [2.24, 2.45) is 0 Å². The lowest BCUT2D eigenvalue weighted by Gasteiger charge is -2.11. The highest BCUT2D eigenvalue weighted by Gasteiger charge is 2.19. The van der Waals surface area contributed by atoms with Crippen LogP contribution in [0.15, 0.2) is 28.1 Å².